The van der Waals surface area contributed by atoms with E-state index in [1.165, 1.54) is 11.1 Å². The van der Waals surface area contributed by atoms with Gasteiger partial charge in [0.05, 0.1) is 0 Å². The van der Waals surface area contributed by atoms with Gasteiger partial charge < -0.3 is 5.73 Å². The van der Waals surface area contributed by atoms with Crippen LogP contribution in [0.25, 0.3) is 0 Å². The average Bonchev–Trinajstić information content (AvgIpc) is 2.67. The van der Waals surface area contributed by atoms with Crippen molar-refractivity contribution in [1.82, 2.24) is 4.90 Å². The predicted molar refractivity (Wildman–Crippen MR) is 73.1 cm³/mol. The highest BCUT2D eigenvalue weighted by Gasteiger charge is 2.39. The first-order chi connectivity index (χ1) is 8.07. The first-order valence-corrected chi connectivity index (χ1v) is 6.55. The maximum absolute atomic E-state index is 6.08. The molecular formula is C15H24N2. The summed E-state index contributed by atoms with van der Waals surface area (Å²) in [4.78, 5) is 2.47. The molecule has 0 bridgehead atoms. The van der Waals surface area contributed by atoms with Crippen molar-refractivity contribution >= 4 is 0 Å². The highest BCUT2D eigenvalue weighted by Crippen LogP contribution is 2.33. The van der Waals surface area contributed by atoms with Crippen molar-refractivity contribution in [1.29, 1.82) is 0 Å². The summed E-state index contributed by atoms with van der Waals surface area (Å²) < 4.78 is 0. The minimum absolute atomic E-state index is 0.147. The van der Waals surface area contributed by atoms with Gasteiger partial charge in [-0.15, -0.1) is 0 Å². The zero-order valence-corrected chi connectivity index (χ0v) is 11.2. The molecule has 0 saturated carbocycles. The van der Waals surface area contributed by atoms with E-state index in [0.717, 1.165) is 25.9 Å². The molecule has 1 aliphatic rings. The Hall–Kier alpha value is -0.860. The first-order valence-electron chi connectivity index (χ1n) is 6.55. The Balaban J connectivity index is 2.19. The summed E-state index contributed by atoms with van der Waals surface area (Å²) >= 11 is 0. The van der Waals surface area contributed by atoms with Gasteiger partial charge in [0.1, 0.15) is 0 Å². The molecule has 17 heavy (non-hydrogen) atoms. The van der Waals surface area contributed by atoms with E-state index in [2.05, 4.69) is 50.1 Å². The quantitative estimate of drug-likeness (QED) is 0.861. The molecule has 0 heterocycles. The highest BCUT2D eigenvalue weighted by atomic mass is 15.2. The zero-order chi connectivity index (χ0) is 12.5. The van der Waals surface area contributed by atoms with Gasteiger partial charge in [0.2, 0.25) is 0 Å². The second kappa shape index (κ2) is 4.79. The molecule has 0 saturated heterocycles. The monoisotopic (exact) mass is 232 g/mol. The molecule has 94 valence electrons. The van der Waals surface area contributed by atoms with E-state index in [1.807, 2.05) is 0 Å². The molecule has 0 aromatic heterocycles. The van der Waals surface area contributed by atoms with Crippen molar-refractivity contribution in [3.63, 3.8) is 0 Å². The minimum Gasteiger partial charge on any atom is -0.329 e. The van der Waals surface area contributed by atoms with Crippen LogP contribution in [0.2, 0.25) is 0 Å². The van der Waals surface area contributed by atoms with Crippen LogP contribution in [-0.2, 0) is 12.8 Å². The van der Waals surface area contributed by atoms with E-state index in [4.69, 9.17) is 5.73 Å². The van der Waals surface area contributed by atoms with Crippen molar-refractivity contribution in [3.05, 3.63) is 35.4 Å². The normalized spacial score (nSPS) is 17.8. The summed E-state index contributed by atoms with van der Waals surface area (Å²) in [5.41, 5.74) is 9.19. The topological polar surface area (TPSA) is 29.3 Å². The summed E-state index contributed by atoms with van der Waals surface area (Å²) in [5.74, 6) is 0.687. The van der Waals surface area contributed by atoms with E-state index in [9.17, 15) is 0 Å². The smallest absolute Gasteiger partial charge is 0.0409 e. The molecule has 2 N–H and O–H groups in total. The standard InChI is InChI=1S/C15H24N2/c1-12(2)10-17(3)15(11-16)8-13-6-4-5-7-14(13)9-15/h4-7,12H,8-11,16H2,1-3H3. The molecule has 1 aromatic rings. The number of hydrogen-bond acceptors (Lipinski definition) is 2. The van der Waals surface area contributed by atoms with E-state index in [-0.39, 0.29) is 5.54 Å². The lowest BCUT2D eigenvalue weighted by Crippen LogP contribution is -2.54. The first kappa shape index (κ1) is 12.6. The second-order valence-electron chi connectivity index (χ2n) is 5.83. The molecule has 0 fully saturated rings. The van der Waals surface area contributed by atoms with Gasteiger partial charge in [-0.3, -0.25) is 4.90 Å². The minimum atomic E-state index is 0.147. The number of nitrogens with zero attached hydrogens (tertiary/aromatic N) is 1. The molecule has 0 atom stereocenters. The third kappa shape index (κ3) is 2.38. The number of hydrogen-bond donors (Lipinski definition) is 1. The van der Waals surface area contributed by atoms with E-state index >= 15 is 0 Å². The Labute approximate surface area is 105 Å². The van der Waals surface area contributed by atoms with Crippen LogP contribution in [0.4, 0.5) is 0 Å². The van der Waals surface area contributed by atoms with Crippen LogP contribution in [0.15, 0.2) is 24.3 Å². The molecule has 2 rings (SSSR count). The Bertz CT molecular complexity index is 359. The lowest BCUT2D eigenvalue weighted by molar-refractivity contribution is 0.120. The summed E-state index contributed by atoms with van der Waals surface area (Å²) in [7, 11) is 2.22. The molecule has 2 heteroatoms. The van der Waals surface area contributed by atoms with Crippen molar-refractivity contribution in [2.24, 2.45) is 11.7 Å². The largest absolute Gasteiger partial charge is 0.329 e. The zero-order valence-electron chi connectivity index (χ0n) is 11.2. The molecule has 2 nitrogen and oxygen atoms in total. The number of likely N-dealkylation sites (N-methyl/N-ethyl adjacent to an activating group) is 1. The molecule has 0 amide bonds. The summed E-state index contributed by atoms with van der Waals surface area (Å²) in [6.45, 7) is 6.39. The van der Waals surface area contributed by atoms with Crippen LogP contribution >= 0.6 is 0 Å². The van der Waals surface area contributed by atoms with Crippen LogP contribution in [0.5, 0.6) is 0 Å². The summed E-state index contributed by atoms with van der Waals surface area (Å²) in [6.07, 6.45) is 2.20. The number of benzene rings is 1. The molecule has 1 aromatic carbocycles. The number of fused-ring (bicyclic) bond motifs is 1. The average molecular weight is 232 g/mol. The van der Waals surface area contributed by atoms with Crippen LogP contribution in [0.3, 0.4) is 0 Å². The van der Waals surface area contributed by atoms with Gasteiger partial charge in [0, 0.05) is 18.6 Å². The molecular weight excluding hydrogens is 208 g/mol. The van der Waals surface area contributed by atoms with Crippen LogP contribution in [-0.4, -0.2) is 30.6 Å². The van der Waals surface area contributed by atoms with Gasteiger partial charge in [0.15, 0.2) is 0 Å². The molecule has 0 radical (unpaired) electrons. The molecule has 0 aliphatic heterocycles. The highest BCUT2D eigenvalue weighted by molar-refractivity contribution is 5.36. The van der Waals surface area contributed by atoms with Gasteiger partial charge in [0.25, 0.3) is 0 Å². The van der Waals surface area contributed by atoms with E-state index in [0.29, 0.717) is 5.92 Å². The van der Waals surface area contributed by atoms with Crippen molar-refractivity contribution in [2.45, 2.75) is 32.2 Å². The second-order valence-corrected chi connectivity index (χ2v) is 5.83. The Morgan fingerprint density at radius 1 is 1.24 bits per heavy atom. The third-order valence-corrected chi connectivity index (χ3v) is 3.99. The lowest BCUT2D eigenvalue weighted by Gasteiger charge is -2.39. The van der Waals surface area contributed by atoms with Gasteiger partial charge >= 0.3 is 0 Å². The van der Waals surface area contributed by atoms with E-state index < -0.39 is 0 Å². The summed E-state index contributed by atoms with van der Waals surface area (Å²) in [5, 5.41) is 0. The Morgan fingerprint density at radius 2 is 1.76 bits per heavy atom. The molecule has 1 aliphatic carbocycles. The Kier molecular flexibility index (Phi) is 3.55. The van der Waals surface area contributed by atoms with Crippen molar-refractivity contribution < 1.29 is 0 Å². The van der Waals surface area contributed by atoms with Crippen LogP contribution in [0, 0.1) is 5.92 Å². The van der Waals surface area contributed by atoms with Gasteiger partial charge in [-0.05, 0) is 36.9 Å². The fourth-order valence-electron chi connectivity index (χ4n) is 2.99. The van der Waals surface area contributed by atoms with Gasteiger partial charge in [-0.25, -0.2) is 0 Å². The fraction of sp³-hybridized carbons (Fsp3) is 0.600. The SMILES string of the molecule is CC(C)CN(C)C1(CN)Cc2ccccc2C1. The van der Waals surface area contributed by atoms with Gasteiger partial charge in [-0.1, -0.05) is 38.1 Å². The van der Waals surface area contributed by atoms with Crippen LogP contribution < -0.4 is 5.73 Å². The van der Waals surface area contributed by atoms with Crippen molar-refractivity contribution in [2.75, 3.05) is 20.1 Å². The lowest BCUT2D eigenvalue weighted by atomic mass is 9.93. The molecule has 0 spiro atoms. The Morgan fingerprint density at radius 3 is 2.18 bits per heavy atom. The van der Waals surface area contributed by atoms with Crippen LogP contribution in [0.1, 0.15) is 25.0 Å². The predicted octanol–water partition coefficient (Wildman–Crippen LogP) is 2.07. The maximum atomic E-state index is 6.08. The summed E-state index contributed by atoms with van der Waals surface area (Å²) in [6, 6.07) is 8.76. The number of nitrogens with two attached hydrogens (primary N) is 1. The molecule has 0 unspecified atom stereocenters. The van der Waals surface area contributed by atoms with E-state index in [1.54, 1.807) is 0 Å². The third-order valence-electron chi connectivity index (χ3n) is 3.99. The number of rotatable bonds is 4. The van der Waals surface area contributed by atoms with Crippen molar-refractivity contribution in [3.8, 4) is 0 Å². The van der Waals surface area contributed by atoms with Gasteiger partial charge in [-0.2, -0.15) is 0 Å². The fourth-order valence-corrected chi connectivity index (χ4v) is 2.99. The maximum Gasteiger partial charge on any atom is 0.0409 e.